The number of aryl methyl sites for hydroxylation is 1. The molecule has 0 aliphatic carbocycles. The molecular weight excluding hydrogens is 150 g/mol. The van der Waals surface area contributed by atoms with Crippen molar-refractivity contribution in [2.24, 2.45) is 0 Å². The van der Waals surface area contributed by atoms with E-state index in [9.17, 15) is 0 Å². The fourth-order valence-electron chi connectivity index (χ4n) is 1.77. The van der Waals surface area contributed by atoms with E-state index in [0.717, 1.165) is 24.6 Å². The summed E-state index contributed by atoms with van der Waals surface area (Å²) in [5.74, 6) is 2.78. The van der Waals surface area contributed by atoms with E-state index >= 15 is 0 Å². The molecule has 0 aromatic carbocycles. The van der Waals surface area contributed by atoms with Crippen LogP contribution in [0.4, 0.5) is 0 Å². The molecule has 0 spiro atoms. The second kappa shape index (κ2) is 3.31. The third kappa shape index (κ3) is 1.53. The van der Waals surface area contributed by atoms with Crippen LogP contribution in [0.3, 0.4) is 0 Å². The van der Waals surface area contributed by atoms with E-state index in [1.807, 2.05) is 13.0 Å². The quantitative estimate of drug-likeness (QED) is 0.689. The molecule has 1 aromatic rings. The van der Waals surface area contributed by atoms with Gasteiger partial charge in [-0.3, -0.25) is 0 Å². The zero-order chi connectivity index (χ0) is 8.39. The standard InChI is InChI=1S/C10H15NO/c1-8-4-5-10(12-8)9-3-2-6-11-7-9/h4-5,9,11H,2-3,6-7H2,1H3. The lowest BCUT2D eigenvalue weighted by atomic mass is 9.97. The van der Waals surface area contributed by atoms with Gasteiger partial charge in [-0.25, -0.2) is 0 Å². The first kappa shape index (κ1) is 7.87. The van der Waals surface area contributed by atoms with Crippen molar-refractivity contribution in [3.63, 3.8) is 0 Å². The smallest absolute Gasteiger partial charge is 0.108 e. The Bertz CT molecular complexity index is 248. The van der Waals surface area contributed by atoms with Gasteiger partial charge in [0, 0.05) is 12.5 Å². The van der Waals surface area contributed by atoms with Crippen molar-refractivity contribution in [3.8, 4) is 0 Å². The van der Waals surface area contributed by atoms with Gasteiger partial charge in [-0.1, -0.05) is 0 Å². The van der Waals surface area contributed by atoms with Crippen molar-refractivity contribution in [2.75, 3.05) is 13.1 Å². The molecule has 1 fully saturated rings. The molecule has 1 saturated heterocycles. The van der Waals surface area contributed by atoms with E-state index in [1.165, 1.54) is 12.8 Å². The van der Waals surface area contributed by atoms with E-state index in [0.29, 0.717) is 5.92 Å². The van der Waals surface area contributed by atoms with Crippen LogP contribution in [0.1, 0.15) is 30.3 Å². The SMILES string of the molecule is Cc1ccc(C2CCCNC2)o1. The van der Waals surface area contributed by atoms with E-state index in [-0.39, 0.29) is 0 Å². The van der Waals surface area contributed by atoms with Gasteiger partial charge in [0.25, 0.3) is 0 Å². The maximum absolute atomic E-state index is 5.58. The van der Waals surface area contributed by atoms with Crippen LogP contribution in [0.25, 0.3) is 0 Å². The number of furan rings is 1. The number of hydrogen-bond acceptors (Lipinski definition) is 2. The van der Waals surface area contributed by atoms with Crippen LogP contribution >= 0.6 is 0 Å². The highest BCUT2D eigenvalue weighted by Gasteiger charge is 2.17. The Kier molecular flexibility index (Phi) is 2.17. The molecule has 1 aromatic heterocycles. The zero-order valence-electron chi connectivity index (χ0n) is 7.47. The zero-order valence-corrected chi connectivity index (χ0v) is 7.47. The van der Waals surface area contributed by atoms with E-state index < -0.39 is 0 Å². The Morgan fingerprint density at radius 3 is 3.00 bits per heavy atom. The first-order chi connectivity index (χ1) is 5.86. The molecule has 1 N–H and O–H groups in total. The highest BCUT2D eigenvalue weighted by molar-refractivity contribution is 5.11. The molecule has 2 heteroatoms. The summed E-state index contributed by atoms with van der Waals surface area (Å²) >= 11 is 0. The molecule has 1 aliphatic heterocycles. The van der Waals surface area contributed by atoms with Gasteiger partial charge < -0.3 is 9.73 Å². The number of rotatable bonds is 1. The molecule has 0 amide bonds. The lowest BCUT2D eigenvalue weighted by Crippen LogP contribution is -2.28. The summed E-state index contributed by atoms with van der Waals surface area (Å²) in [7, 11) is 0. The lowest BCUT2D eigenvalue weighted by Gasteiger charge is -2.20. The molecule has 66 valence electrons. The Hall–Kier alpha value is -0.760. The first-order valence-electron chi connectivity index (χ1n) is 4.63. The Balaban J connectivity index is 2.08. The van der Waals surface area contributed by atoms with Gasteiger partial charge in [-0.15, -0.1) is 0 Å². The van der Waals surface area contributed by atoms with Gasteiger partial charge >= 0.3 is 0 Å². The summed E-state index contributed by atoms with van der Waals surface area (Å²) < 4.78 is 5.58. The summed E-state index contributed by atoms with van der Waals surface area (Å²) in [5.41, 5.74) is 0. The second-order valence-electron chi connectivity index (χ2n) is 3.49. The summed E-state index contributed by atoms with van der Waals surface area (Å²) in [4.78, 5) is 0. The van der Waals surface area contributed by atoms with Crippen molar-refractivity contribution < 1.29 is 4.42 Å². The molecule has 0 radical (unpaired) electrons. The molecule has 2 rings (SSSR count). The van der Waals surface area contributed by atoms with Crippen LogP contribution in [0.5, 0.6) is 0 Å². The third-order valence-electron chi connectivity index (χ3n) is 2.46. The van der Waals surface area contributed by atoms with Gasteiger partial charge in [0.2, 0.25) is 0 Å². The van der Waals surface area contributed by atoms with Gasteiger partial charge in [0.15, 0.2) is 0 Å². The van der Waals surface area contributed by atoms with Crippen molar-refractivity contribution >= 4 is 0 Å². The summed E-state index contributed by atoms with van der Waals surface area (Å²) in [6, 6.07) is 4.15. The minimum atomic E-state index is 0.604. The van der Waals surface area contributed by atoms with Gasteiger partial charge in [-0.2, -0.15) is 0 Å². The minimum Gasteiger partial charge on any atom is -0.466 e. The number of hydrogen-bond donors (Lipinski definition) is 1. The topological polar surface area (TPSA) is 25.2 Å². The molecule has 1 atom stereocenters. The van der Waals surface area contributed by atoms with Crippen LogP contribution in [-0.4, -0.2) is 13.1 Å². The van der Waals surface area contributed by atoms with E-state index in [4.69, 9.17) is 4.42 Å². The first-order valence-corrected chi connectivity index (χ1v) is 4.63. The van der Waals surface area contributed by atoms with Crippen molar-refractivity contribution in [2.45, 2.75) is 25.7 Å². The number of nitrogens with one attached hydrogen (secondary N) is 1. The average Bonchev–Trinajstić information content (AvgIpc) is 2.54. The lowest BCUT2D eigenvalue weighted by molar-refractivity contribution is 0.380. The largest absolute Gasteiger partial charge is 0.466 e. The highest BCUT2D eigenvalue weighted by Crippen LogP contribution is 2.24. The molecular formula is C10H15NO. The summed E-state index contributed by atoms with van der Waals surface area (Å²) in [6.07, 6.45) is 2.53. The van der Waals surface area contributed by atoms with Gasteiger partial charge in [0.05, 0.1) is 0 Å². The molecule has 1 aliphatic rings. The van der Waals surface area contributed by atoms with E-state index in [2.05, 4.69) is 11.4 Å². The number of piperidine rings is 1. The fourth-order valence-corrected chi connectivity index (χ4v) is 1.77. The third-order valence-corrected chi connectivity index (χ3v) is 2.46. The highest BCUT2D eigenvalue weighted by atomic mass is 16.3. The Morgan fingerprint density at radius 2 is 2.42 bits per heavy atom. The van der Waals surface area contributed by atoms with Crippen LogP contribution in [-0.2, 0) is 0 Å². The maximum atomic E-state index is 5.58. The molecule has 0 bridgehead atoms. The second-order valence-corrected chi connectivity index (χ2v) is 3.49. The Morgan fingerprint density at radius 1 is 1.50 bits per heavy atom. The molecule has 2 nitrogen and oxygen atoms in total. The van der Waals surface area contributed by atoms with Gasteiger partial charge in [-0.05, 0) is 38.4 Å². The normalized spacial score (nSPS) is 24.2. The minimum absolute atomic E-state index is 0.604. The van der Waals surface area contributed by atoms with Crippen LogP contribution in [0, 0.1) is 6.92 Å². The monoisotopic (exact) mass is 165 g/mol. The summed E-state index contributed by atoms with van der Waals surface area (Å²) in [5, 5.41) is 3.38. The Labute approximate surface area is 73.0 Å². The molecule has 1 unspecified atom stereocenters. The molecule has 2 heterocycles. The summed E-state index contributed by atoms with van der Waals surface area (Å²) in [6.45, 7) is 4.24. The predicted molar refractivity (Wildman–Crippen MR) is 48.3 cm³/mol. The predicted octanol–water partition coefficient (Wildman–Crippen LogP) is 2.06. The fraction of sp³-hybridized carbons (Fsp3) is 0.600. The van der Waals surface area contributed by atoms with E-state index in [1.54, 1.807) is 0 Å². The molecule has 0 saturated carbocycles. The van der Waals surface area contributed by atoms with Crippen molar-refractivity contribution in [3.05, 3.63) is 23.7 Å². The van der Waals surface area contributed by atoms with Crippen molar-refractivity contribution in [1.82, 2.24) is 5.32 Å². The maximum Gasteiger partial charge on any atom is 0.108 e. The van der Waals surface area contributed by atoms with Crippen LogP contribution in [0.15, 0.2) is 16.5 Å². The van der Waals surface area contributed by atoms with Gasteiger partial charge in [0.1, 0.15) is 11.5 Å². The van der Waals surface area contributed by atoms with Crippen molar-refractivity contribution in [1.29, 1.82) is 0 Å². The van der Waals surface area contributed by atoms with Crippen LogP contribution < -0.4 is 5.32 Å². The van der Waals surface area contributed by atoms with Crippen LogP contribution in [0.2, 0.25) is 0 Å². The molecule has 12 heavy (non-hydrogen) atoms. The average molecular weight is 165 g/mol.